The average Bonchev–Trinajstić information content (AvgIpc) is 2.18. The van der Waals surface area contributed by atoms with Gasteiger partial charge in [0, 0.05) is 5.54 Å². The van der Waals surface area contributed by atoms with Crippen molar-refractivity contribution < 1.29 is 0 Å². The van der Waals surface area contributed by atoms with Gasteiger partial charge in [0.15, 0.2) is 0 Å². The van der Waals surface area contributed by atoms with E-state index >= 15 is 0 Å². The number of allylic oxidation sites excluding steroid dienone is 2. The SMILES string of the molecule is CC=C1C(=CCC)CCCC1(C)N(C)C. The first-order chi connectivity index (χ1) is 7.06. The minimum absolute atomic E-state index is 0.244. The van der Waals surface area contributed by atoms with Crippen molar-refractivity contribution in [3.05, 3.63) is 23.3 Å². The van der Waals surface area contributed by atoms with Gasteiger partial charge in [0.2, 0.25) is 0 Å². The second-order valence-corrected chi connectivity index (χ2v) is 4.86. The smallest absolute Gasteiger partial charge is 0.0425 e. The zero-order chi connectivity index (χ0) is 11.5. The van der Waals surface area contributed by atoms with E-state index in [9.17, 15) is 0 Å². The highest BCUT2D eigenvalue weighted by Crippen LogP contribution is 2.39. The molecule has 0 aromatic heterocycles. The van der Waals surface area contributed by atoms with Crippen LogP contribution in [-0.4, -0.2) is 24.5 Å². The Hall–Kier alpha value is -0.560. The summed E-state index contributed by atoms with van der Waals surface area (Å²) < 4.78 is 0. The fourth-order valence-electron chi connectivity index (χ4n) is 2.66. The van der Waals surface area contributed by atoms with E-state index in [4.69, 9.17) is 0 Å². The summed E-state index contributed by atoms with van der Waals surface area (Å²) in [6.07, 6.45) is 9.71. The molecule has 1 fully saturated rings. The van der Waals surface area contributed by atoms with Crippen molar-refractivity contribution in [2.24, 2.45) is 0 Å². The van der Waals surface area contributed by atoms with Crippen LogP contribution < -0.4 is 0 Å². The lowest BCUT2D eigenvalue weighted by Crippen LogP contribution is -2.45. The van der Waals surface area contributed by atoms with E-state index < -0.39 is 0 Å². The number of nitrogens with zero attached hydrogens (tertiary/aromatic N) is 1. The summed E-state index contributed by atoms with van der Waals surface area (Å²) in [5.74, 6) is 0. The lowest BCUT2D eigenvalue weighted by molar-refractivity contribution is 0.189. The van der Waals surface area contributed by atoms with Gasteiger partial charge in [-0.15, -0.1) is 0 Å². The summed E-state index contributed by atoms with van der Waals surface area (Å²) in [5, 5.41) is 0. The Kier molecular flexibility index (Phi) is 4.15. The van der Waals surface area contributed by atoms with E-state index in [1.54, 1.807) is 11.1 Å². The van der Waals surface area contributed by atoms with Crippen LogP contribution in [0.5, 0.6) is 0 Å². The first-order valence-corrected chi connectivity index (χ1v) is 6.10. The molecule has 1 rings (SSSR count). The van der Waals surface area contributed by atoms with Gasteiger partial charge in [-0.2, -0.15) is 0 Å². The van der Waals surface area contributed by atoms with Gasteiger partial charge < -0.3 is 0 Å². The quantitative estimate of drug-likeness (QED) is 0.666. The summed E-state index contributed by atoms with van der Waals surface area (Å²) in [6, 6.07) is 0. The summed E-state index contributed by atoms with van der Waals surface area (Å²) >= 11 is 0. The number of hydrogen-bond donors (Lipinski definition) is 0. The van der Waals surface area contributed by atoms with Gasteiger partial charge in [-0.25, -0.2) is 0 Å². The zero-order valence-electron chi connectivity index (χ0n) is 10.9. The molecule has 0 spiro atoms. The van der Waals surface area contributed by atoms with E-state index in [2.05, 4.69) is 51.9 Å². The molecule has 1 heteroatoms. The largest absolute Gasteiger partial charge is 0.300 e. The van der Waals surface area contributed by atoms with Crippen molar-refractivity contribution in [1.29, 1.82) is 0 Å². The highest BCUT2D eigenvalue weighted by Gasteiger charge is 2.35. The first kappa shape index (κ1) is 12.5. The third kappa shape index (κ3) is 2.34. The maximum absolute atomic E-state index is 2.40. The minimum Gasteiger partial charge on any atom is -0.300 e. The molecule has 1 atom stereocenters. The van der Waals surface area contributed by atoms with Crippen LogP contribution in [0.1, 0.15) is 46.5 Å². The highest BCUT2D eigenvalue weighted by molar-refractivity contribution is 5.41. The van der Waals surface area contributed by atoms with E-state index in [0.717, 1.165) is 6.42 Å². The highest BCUT2D eigenvalue weighted by atomic mass is 15.1. The molecule has 0 heterocycles. The van der Waals surface area contributed by atoms with Crippen molar-refractivity contribution in [2.75, 3.05) is 14.1 Å². The van der Waals surface area contributed by atoms with Crippen LogP contribution in [0.3, 0.4) is 0 Å². The average molecular weight is 207 g/mol. The van der Waals surface area contributed by atoms with Gasteiger partial charge in [-0.05, 0) is 64.8 Å². The Bertz CT molecular complexity index is 273. The second kappa shape index (κ2) is 4.98. The lowest BCUT2D eigenvalue weighted by atomic mass is 9.74. The zero-order valence-corrected chi connectivity index (χ0v) is 10.9. The molecule has 0 aromatic rings. The van der Waals surface area contributed by atoms with Gasteiger partial charge >= 0.3 is 0 Å². The van der Waals surface area contributed by atoms with Crippen LogP contribution in [0.4, 0.5) is 0 Å². The van der Waals surface area contributed by atoms with Crippen LogP contribution in [0.25, 0.3) is 0 Å². The van der Waals surface area contributed by atoms with Gasteiger partial charge in [0.25, 0.3) is 0 Å². The van der Waals surface area contributed by atoms with Gasteiger partial charge in [0.05, 0.1) is 0 Å². The molecular weight excluding hydrogens is 182 g/mol. The van der Waals surface area contributed by atoms with Crippen molar-refractivity contribution >= 4 is 0 Å². The fourth-order valence-corrected chi connectivity index (χ4v) is 2.66. The maximum atomic E-state index is 2.40. The minimum atomic E-state index is 0.244. The van der Waals surface area contributed by atoms with Crippen molar-refractivity contribution in [2.45, 2.75) is 52.0 Å². The van der Waals surface area contributed by atoms with Crippen LogP contribution in [-0.2, 0) is 0 Å². The number of likely N-dealkylation sites (N-methyl/N-ethyl adjacent to an activating group) is 1. The lowest BCUT2D eigenvalue weighted by Gasteiger charge is -2.43. The van der Waals surface area contributed by atoms with E-state index in [-0.39, 0.29) is 5.54 Å². The molecule has 86 valence electrons. The Morgan fingerprint density at radius 3 is 2.53 bits per heavy atom. The molecule has 0 aromatic carbocycles. The van der Waals surface area contributed by atoms with E-state index in [0.29, 0.717) is 0 Å². The van der Waals surface area contributed by atoms with Gasteiger partial charge in [0.1, 0.15) is 0 Å². The third-order valence-electron chi connectivity index (χ3n) is 3.76. The third-order valence-corrected chi connectivity index (χ3v) is 3.76. The molecule has 0 aliphatic heterocycles. The van der Waals surface area contributed by atoms with E-state index in [1.807, 2.05) is 0 Å². The van der Waals surface area contributed by atoms with Gasteiger partial charge in [-0.1, -0.05) is 19.1 Å². The number of hydrogen-bond acceptors (Lipinski definition) is 1. The second-order valence-electron chi connectivity index (χ2n) is 4.86. The molecule has 0 N–H and O–H groups in total. The molecule has 1 nitrogen and oxygen atoms in total. The van der Waals surface area contributed by atoms with Crippen LogP contribution in [0.15, 0.2) is 23.3 Å². The summed E-state index contributed by atoms with van der Waals surface area (Å²) in [4.78, 5) is 2.37. The summed E-state index contributed by atoms with van der Waals surface area (Å²) in [6.45, 7) is 6.76. The molecule has 0 bridgehead atoms. The molecule has 0 saturated heterocycles. The molecule has 1 unspecified atom stereocenters. The standard InChI is InChI=1S/C14H25N/c1-6-9-12-10-8-11-14(3,15(4)5)13(12)7-2/h7,9H,6,8,10-11H2,1-5H3. The Morgan fingerprint density at radius 2 is 2.07 bits per heavy atom. The Morgan fingerprint density at radius 1 is 1.40 bits per heavy atom. The topological polar surface area (TPSA) is 3.24 Å². The van der Waals surface area contributed by atoms with Crippen molar-refractivity contribution in [1.82, 2.24) is 4.90 Å². The predicted octanol–water partition coefficient (Wildman–Crippen LogP) is 3.77. The maximum Gasteiger partial charge on any atom is 0.0425 e. The van der Waals surface area contributed by atoms with Crippen LogP contribution in [0, 0.1) is 0 Å². The molecule has 1 aliphatic rings. The predicted molar refractivity (Wildman–Crippen MR) is 68.1 cm³/mol. The fraction of sp³-hybridized carbons (Fsp3) is 0.714. The Labute approximate surface area is 94.9 Å². The summed E-state index contributed by atoms with van der Waals surface area (Å²) in [7, 11) is 4.39. The van der Waals surface area contributed by atoms with Gasteiger partial charge in [-0.3, -0.25) is 4.90 Å². The Balaban J connectivity index is 3.06. The first-order valence-electron chi connectivity index (χ1n) is 6.10. The van der Waals surface area contributed by atoms with Crippen LogP contribution >= 0.6 is 0 Å². The summed E-state index contributed by atoms with van der Waals surface area (Å²) in [5.41, 5.74) is 3.36. The number of rotatable bonds is 2. The van der Waals surface area contributed by atoms with Crippen LogP contribution in [0.2, 0.25) is 0 Å². The van der Waals surface area contributed by atoms with Crippen molar-refractivity contribution in [3.63, 3.8) is 0 Å². The molecule has 0 radical (unpaired) electrons. The molecular formula is C14H25N. The molecule has 1 aliphatic carbocycles. The van der Waals surface area contributed by atoms with Crippen molar-refractivity contribution in [3.8, 4) is 0 Å². The molecule has 0 amide bonds. The molecule has 15 heavy (non-hydrogen) atoms. The van der Waals surface area contributed by atoms with E-state index in [1.165, 1.54) is 19.3 Å². The monoisotopic (exact) mass is 207 g/mol. The normalized spacial score (nSPS) is 32.9. The molecule has 1 saturated carbocycles.